The van der Waals surface area contributed by atoms with Crippen LogP contribution in [0.3, 0.4) is 0 Å². The van der Waals surface area contributed by atoms with Crippen molar-refractivity contribution >= 4 is 31.7 Å². The summed E-state index contributed by atoms with van der Waals surface area (Å²) in [6.45, 7) is 4.75. The number of hydrogen-bond acceptors (Lipinski definition) is 4. The number of halogens is 2. The van der Waals surface area contributed by atoms with E-state index in [9.17, 15) is 0 Å². The van der Waals surface area contributed by atoms with E-state index in [1.807, 2.05) is 13.8 Å². The summed E-state index contributed by atoms with van der Waals surface area (Å²) in [6, 6.07) is 0. The molecule has 0 atom stereocenters. The van der Waals surface area contributed by atoms with Crippen LogP contribution < -0.4 is 0 Å². The van der Waals surface area contributed by atoms with Crippen molar-refractivity contribution in [1.82, 2.24) is 14.5 Å². The first kappa shape index (κ1) is 12.1. The van der Waals surface area contributed by atoms with Gasteiger partial charge in [0, 0.05) is 0 Å². The smallest absolute Gasteiger partial charge is 0.314 e. The van der Waals surface area contributed by atoms with Crippen LogP contribution in [0.5, 0.6) is 0 Å². The molecule has 0 aliphatic rings. The van der Waals surface area contributed by atoms with Gasteiger partial charge in [-0.3, -0.25) is 0 Å². The SMILES string of the molecule is CCOP(OCC)n1nc(Cl)nc1Cl. The molecule has 0 aliphatic heterocycles. The van der Waals surface area contributed by atoms with Crippen molar-refractivity contribution in [1.29, 1.82) is 0 Å². The normalized spacial score (nSPS) is 11.2. The van der Waals surface area contributed by atoms with E-state index in [0.29, 0.717) is 13.2 Å². The van der Waals surface area contributed by atoms with E-state index in [0.717, 1.165) is 0 Å². The van der Waals surface area contributed by atoms with E-state index < -0.39 is 8.53 Å². The van der Waals surface area contributed by atoms with Gasteiger partial charge in [0.05, 0.1) is 13.2 Å². The summed E-state index contributed by atoms with van der Waals surface area (Å²) in [5.74, 6) is 0. The fraction of sp³-hybridized carbons (Fsp3) is 0.667. The zero-order valence-corrected chi connectivity index (χ0v) is 10.2. The third-order valence-corrected chi connectivity index (χ3v) is 3.23. The van der Waals surface area contributed by atoms with Gasteiger partial charge in [-0.1, -0.05) is 0 Å². The Morgan fingerprint density at radius 2 is 1.86 bits per heavy atom. The van der Waals surface area contributed by atoms with Gasteiger partial charge < -0.3 is 9.05 Å². The Kier molecular flexibility index (Phi) is 5.06. The lowest BCUT2D eigenvalue weighted by molar-refractivity contribution is 0.260. The molecule has 0 saturated carbocycles. The van der Waals surface area contributed by atoms with Crippen molar-refractivity contribution in [2.24, 2.45) is 0 Å². The fourth-order valence-electron chi connectivity index (χ4n) is 0.734. The Morgan fingerprint density at radius 3 is 2.21 bits per heavy atom. The summed E-state index contributed by atoms with van der Waals surface area (Å²) in [7, 11) is -1.33. The Morgan fingerprint density at radius 1 is 1.29 bits per heavy atom. The second-order valence-electron chi connectivity index (χ2n) is 2.11. The minimum atomic E-state index is -1.33. The van der Waals surface area contributed by atoms with Crippen LogP contribution in [0.4, 0.5) is 0 Å². The first-order valence-electron chi connectivity index (χ1n) is 4.03. The zero-order chi connectivity index (χ0) is 10.6. The molecule has 0 saturated heterocycles. The van der Waals surface area contributed by atoms with E-state index >= 15 is 0 Å². The number of hydrogen-bond donors (Lipinski definition) is 0. The minimum Gasteiger partial charge on any atom is -0.317 e. The van der Waals surface area contributed by atoms with Gasteiger partial charge in [-0.05, 0) is 37.0 Å². The summed E-state index contributed by atoms with van der Waals surface area (Å²) in [6.07, 6.45) is 0. The van der Waals surface area contributed by atoms with E-state index in [4.69, 9.17) is 32.2 Å². The van der Waals surface area contributed by atoms with E-state index in [1.165, 1.54) is 4.45 Å². The van der Waals surface area contributed by atoms with Gasteiger partial charge in [0.15, 0.2) is 0 Å². The third-order valence-electron chi connectivity index (χ3n) is 1.16. The molecule has 0 amide bonds. The highest BCUT2D eigenvalue weighted by molar-refractivity contribution is 7.45. The van der Waals surface area contributed by atoms with Crippen molar-refractivity contribution < 1.29 is 9.05 Å². The first-order valence-corrected chi connectivity index (χ1v) is 5.92. The Labute approximate surface area is 93.3 Å². The highest BCUT2D eigenvalue weighted by Crippen LogP contribution is 2.41. The van der Waals surface area contributed by atoms with Crippen LogP contribution in [0.25, 0.3) is 0 Å². The highest BCUT2D eigenvalue weighted by atomic mass is 35.5. The molecule has 0 aromatic carbocycles. The predicted molar refractivity (Wildman–Crippen MR) is 55.6 cm³/mol. The average molecular weight is 258 g/mol. The topological polar surface area (TPSA) is 49.2 Å². The largest absolute Gasteiger partial charge is 0.317 e. The van der Waals surface area contributed by atoms with Gasteiger partial charge in [0.2, 0.25) is 10.6 Å². The molecular formula is C6H10Cl2N3O2P. The standard InChI is InChI=1S/C6H10Cl2N3O2P/c1-3-12-14(13-4-2)11-6(8)9-5(7)10-11/h3-4H2,1-2H3. The Bertz CT molecular complexity index is 291. The van der Waals surface area contributed by atoms with Crippen LogP contribution in [0.2, 0.25) is 10.6 Å². The molecule has 1 aromatic heterocycles. The first-order chi connectivity index (χ1) is 6.69. The van der Waals surface area contributed by atoms with Gasteiger partial charge in [-0.25, -0.2) is 0 Å². The molecular weight excluding hydrogens is 248 g/mol. The lowest BCUT2D eigenvalue weighted by atomic mass is 10.9. The Hall–Kier alpha value is 0.0700. The Balaban J connectivity index is 2.80. The van der Waals surface area contributed by atoms with Crippen molar-refractivity contribution in [3.05, 3.63) is 10.6 Å². The minimum absolute atomic E-state index is 0.0851. The molecule has 80 valence electrons. The molecule has 0 aliphatic carbocycles. The fourth-order valence-corrected chi connectivity index (χ4v) is 2.36. The second kappa shape index (κ2) is 5.83. The van der Waals surface area contributed by atoms with Crippen molar-refractivity contribution in [3.8, 4) is 0 Å². The van der Waals surface area contributed by atoms with Gasteiger partial charge in [-0.2, -0.15) is 9.44 Å². The molecule has 0 bridgehead atoms. The zero-order valence-electron chi connectivity index (χ0n) is 7.78. The number of aromatic nitrogens is 3. The van der Waals surface area contributed by atoms with Gasteiger partial charge in [-0.15, -0.1) is 5.10 Å². The highest BCUT2D eigenvalue weighted by Gasteiger charge is 2.19. The molecule has 0 unspecified atom stereocenters. The van der Waals surface area contributed by atoms with Gasteiger partial charge in [0.1, 0.15) is 0 Å². The maximum atomic E-state index is 5.77. The van der Waals surface area contributed by atoms with Crippen LogP contribution in [0.1, 0.15) is 13.8 Å². The third kappa shape index (κ3) is 3.04. The van der Waals surface area contributed by atoms with Crippen LogP contribution in [-0.4, -0.2) is 27.7 Å². The monoisotopic (exact) mass is 257 g/mol. The summed E-state index contributed by atoms with van der Waals surface area (Å²) in [5.41, 5.74) is 0. The van der Waals surface area contributed by atoms with Crippen LogP contribution in [-0.2, 0) is 9.05 Å². The molecule has 1 heterocycles. The van der Waals surface area contributed by atoms with Gasteiger partial charge >= 0.3 is 8.53 Å². The second-order valence-corrected chi connectivity index (χ2v) is 4.16. The molecule has 8 heteroatoms. The summed E-state index contributed by atoms with van der Waals surface area (Å²) in [4.78, 5) is 3.74. The van der Waals surface area contributed by atoms with Gasteiger partial charge in [0.25, 0.3) is 0 Å². The van der Waals surface area contributed by atoms with E-state index in [-0.39, 0.29) is 10.6 Å². The van der Waals surface area contributed by atoms with Crippen molar-refractivity contribution in [2.45, 2.75) is 13.8 Å². The summed E-state index contributed by atoms with van der Waals surface area (Å²) in [5, 5.41) is 4.12. The van der Waals surface area contributed by atoms with Crippen LogP contribution in [0, 0.1) is 0 Å². The molecule has 5 nitrogen and oxygen atoms in total. The average Bonchev–Trinajstić information content (AvgIpc) is 2.45. The number of rotatable bonds is 5. The van der Waals surface area contributed by atoms with Crippen LogP contribution >= 0.6 is 31.7 Å². The van der Waals surface area contributed by atoms with Crippen LogP contribution in [0.15, 0.2) is 0 Å². The van der Waals surface area contributed by atoms with Crippen molar-refractivity contribution in [2.75, 3.05) is 13.2 Å². The molecule has 0 spiro atoms. The lowest BCUT2D eigenvalue weighted by Crippen LogP contribution is -2.01. The molecule has 0 fully saturated rings. The molecule has 0 N–H and O–H groups in total. The lowest BCUT2D eigenvalue weighted by Gasteiger charge is -2.14. The quantitative estimate of drug-likeness (QED) is 0.762. The molecule has 14 heavy (non-hydrogen) atoms. The number of nitrogens with zero attached hydrogens (tertiary/aromatic N) is 3. The molecule has 0 radical (unpaired) electrons. The maximum absolute atomic E-state index is 5.77. The maximum Gasteiger partial charge on any atom is 0.314 e. The molecule has 1 aromatic rings. The molecule has 1 rings (SSSR count). The van der Waals surface area contributed by atoms with Crippen molar-refractivity contribution in [3.63, 3.8) is 0 Å². The summed E-state index contributed by atoms with van der Waals surface area (Å²) < 4.78 is 12.0. The van der Waals surface area contributed by atoms with E-state index in [2.05, 4.69) is 10.1 Å². The van der Waals surface area contributed by atoms with E-state index in [1.54, 1.807) is 0 Å². The predicted octanol–water partition coefficient (Wildman–Crippen LogP) is 2.73. The summed E-state index contributed by atoms with van der Waals surface area (Å²) >= 11 is 11.4.